The average Bonchev–Trinajstić information content (AvgIpc) is 2.75. The van der Waals surface area contributed by atoms with E-state index >= 15 is 0 Å². The van der Waals surface area contributed by atoms with Crippen molar-refractivity contribution in [3.63, 3.8) is 0 Å². The van der Waals surface area contributed by atoms with E-state index in [1.54, 1.807) is 11.3 Å². The van der Waals surface area contributed by atoms with E-state index in [0.717, 1.165) is 25.3 Å². The van der Waals surface area contributed by atoms with Crippen LogP contribution in [0.3, 0.4) is 0 Å². The molecule has 0 unspecified atom stereocenters. The summed E-state index contributed by atoms with van der Waals surface area (Å²) in [6, 6.07) is 12.3. The Kier molecular flexibility index (Phi) is 3.60. The molecule has 1 N–H and O–H groups in total. The van der Waals surface area contributed by atoms with Gasteiger partial charge in [0.15, 0.2) is 5.13 Å². The summed E-state index contributed by atoms with van der Waals surface area (Å²) in [5.41, 5.74) is 3.28. The normalized spacial score (nSPS) is 10.9. The van der Waals surface area contributed by atoms with E-state index in [1.807, 2.05) is 18.2 Å². The molecule has 0 saturated heterocycles. The topological polar surface area (TPSA) is 24.9 Å². The van der Waals surface area contributed by atoms with Crippen LogP contribution in [0.15, 0.2) is 45.3 Å². The molecule has 0 atom stereocenters. The van der Waals surface area contributed by atoms with Crippen LogP contribution in [0.4, 0.5) is 10.8 Å². The molecule has 2 aromatic carbocycles. The number of halogens is 2. The van der Waals surface area contributed by atoms with Gasteiger partial charge in [-0.05, 0) is 42.8 Å². The summed E-state index contributed by atoms with van der Waals surface area (Å²) in [5, 5.41) is 4.30. The van der Waals surface area contributed by atoms with Crippen molar-refractivity contribution in [2.45, 2.75) is 6.92 Å². The third-order valence-corrected chi connectivity index (χ3v) is 4.73. The molecule has 1 heterocycles. The SMILES string of the molecule is Cc1ccc(Br)cc1Nc1nc2cc(Br)ccc2s1. The number of hydrogen-bond acceptors (Lipinski definition) is 3. The monoisotopic (exact) mass is 396 g/mol. The highest BCUT2D eigenvalue weighted by Gasteiger charge is 2.06. The van der Waals surface area contributed by atoms with Gasteiger partial charge in [0.25, 0.3) is 0 Å². The van der Waals surface area contributed by atoms with Crippen molar-refractivity contribution in [2.75, 3.05) is 5.32 Å². The standard InChI is InChI=1S/C14H10Br2N2S/c1-8-2-3-9(15)6-11(8)17-14-18-12-7-10(16)4-5-13(12)19-14/h2-7H,1H3,(H,17,18). The van der Waals surface area contributed by atoms with Gasteiger partial charge >= 0.3 is 0 Å². The van der Waals surface area contributed by atoms with Gasteiger partial charge in [-0.3, -0.25) is 0 Å². The second-order valence-electron chi connectivity index (χ2n) is 4.22. The number of rotatable bonds is 2. The lowest BCUT2D eigenvalue weighted by molar-refractivity contribution is 1.39. The van der Waals surface area contributed by atoms with E-state index in [4.69, 9.17) is 0 Å². The van der Waals surface area contributed by atoms with Crippen LogP contribution in [0.25, 0.3) is 10.2 Å². The minimum Gasteiger partial charge on any atom is -0.331 e. The average molecular weight is 398 g/mol. The van der Waals surface area contributed by atoms with Crippen LogP contribution < -0.4 is 5.32 Å². The van der Waals surface area contributed by atoms with Gasteiger partial charge in [0, 0.05) is 14.6 Å². The summed E-state index contributed by atoms with van der Waals surface area (Å²) in [5.74, 6) is 0. The fourth-order valence-corrected chi connectivity index (χ4v) is 3.37. The summed E-state index contributed by atoms with van der Waals surface area (Å²) >= 11 is 8.62. The quantitative estimate of drug-likeness (QED) is 0.584. The van der Waals surface area contributed by atoms with Crippen LogP contribution in [0.1, 0.15) is 5.56 Å². The van der Waals surface area contributed by atoms with Crippen molar-refractivity contribution < 1.29 is 0 Å². The van der Waals surface area contributed by atoms with Gasteiger partial charge in [-0.2, -0.15) is 0 Å². The molecule has 0 aliphatic rings. The molecular weight excluding hydrogens is 388 g/mol. The first kappa shape index (κ1) is 13.1. The molecule has 0 aliphatic heterocycles. The number of hydrogen-bond donors (Lipinski definition) is 1. The van der Waals surface area contributed by atoms with Crippen LogP contribution >= 0.6 is 43.2 Å². The molecule has 3 rings (SSSR count). The van der Waals surface area contributed by atoms with Crippen molar-refractivity contribution in [2.24, 2.45) is 0 Å². The lowest BCUT2D eigenvalue weighted by Gasteiger charge is -2.06. The van der Waals surface area contributed by atoms with Gasteiger partial charge in [0.1, 0.15) is 0 Å². The van der Waals surface area contributed by atoms with Crippen LogP contribution in [0.2, 0.25) is 0 Å². The second kappa shape index (κ2) is 5.23. The van der Waals surface area contributed by atoms with Gasteiger partial charge in [-0.15, -0.1) is 0 Å². The molecule has 2 nitrogen and oxygen atoms in total. The van der Waals surface area contributed by atoms with E-state index in [2.05, 4.69) is 67.3 Å². The maximum Gasteiger partial charge on any atom is 0.188 e. The first-order valence-corrected chi connectivity index (χ1v) is 8.11. The zero-order valence-electron chi connectivity index (χ0n) is 10.1. The number of nitrogens with zero attached hydrogens (tertiary/aromatic N) is 1. The van der Waals surface area contributed by atoms with Crippen LogP contribution in [-0.2, 0) is 0 Å². The number of nitrogens with one attached hydrogen (secondary N) is 1. The van der Waals surface area contributed by atoms with Crippen molar-refractivity contribution in [3.05, 3.63) is 50.9 Å². The molecule has 19 heavy (non-hydrogen) atoms. The number of fused-ring (bicyclic) bond motifs is 1. The van der Waals surface area contributed by atoms with Gasteiger partial charge in [0.05, 0.1) is 10.2 Å². The minimum atomic E-state index is 0.911. The van der Waals surface area contributed by atoms with Gasteiger partial charge in [-0.1, -0.05) is 49.3 Å². The summed E-state index contributed by atoms with van der Waals surface area (Å²) in [4.78, 5) is 4.60. The van der Waals surface area contributed by atoms with Crippen LogP contribution in [0.5, 0.6) is 0 Å². The van der Waals surface area contributed by atoms with E-state index in [-0.39, 0.29) is 0 Å². The van der Waals surface area contributed by atoms with Crippen molar-refractivity contribution in [1.82, 2.24) is 4.98 Å². The lowest BCUT2D eigenvalue weighted by Crippen LogP contribution is -1.92. The molecular formula is C14H10Br2N2S. The molecule has 0 radical (unpaired) electrons. The molecule has 0 amide bonds. The van der Waals surface area contributed by atoms with Crippen molar-refractivity contribution in [1.29, 1.82) is 0 Å². The Morgan fingerprint density at radius 3 is 2.63 bits per heavy atom. The Labute approximate surface area is 132 Å². The van der Waals surface area contributed by atoms with E-state index < -0.39 is 0 Å². The summed E-state index contributed by atoms with van der Waals surface area (Å²) < 4.78 is 3.29. The predicted octanol–water partition coefficient (Wildman–Crippen LogP) is 5.87. The third-order valence-electron chi connectivity index (χ3n) is 2.79. The maximum atomic E-state index is 4.60. The van der Waals surface area contributed by atoms with Crippen molar-refractivity contribution in [3.8, 4) is 0 Å². The summed E-state index contributed by atoms with van der Waals surface area (Å²) in [6.07, 6.45) is 0. The highest BCUT2D eigenvalue weighted by Crippen LogP contribution is 2.31. The number of aryl methyl sites for hydroxylation is 1. The van der Waals surface area contributed by atoms with Crippen LogP contribution in [-0.4, -0.2) is 4.98 Å². The first-order valence-electron chi connectivity index (χ1n) is 5.71. The van der Waals surface area contributed by atoms with Gasteiger partial charge < -0.3 is 5.32 Å². The molecule has 0 saturated carbocycles. The van der Waals surface area contributed by atoms with Crippen molar-refractivity contribution >= 4 is 64.2 Å². The Bertz CT molecular complexity index is 752. The molecule has 0 aliphatic carbocycles. The highest BCUT2D eigenvalue weighted by molar-refractivity contribution is 9.10. The van der Waals surface area contributed by atoms with E-state index in [0.29, 0.717) is 0 Å². The molecule has 5 heteroatoms. The fraction of sp³-hybridized carbons (Fsp3) is 0.0714. The van der Waals surface area contributed by atoms with Crippen LogP contribution in [0, 0.1) is 6.92 Å². The Balaban J connectivity index is 1.98. The van der Waals surface area contributed by atoms with Gasteiger partial charge in [0.2, 0.25) is 0 Å². The Morgan fingerprint density at radius 1 is 1.05 bits per heavy atom. The maximum absolute atomic E-state index is 4.60. The third kappa shape index (κ3) is 2.83. The number of thiazole rings is 1. The van der Waals surface area contributed by atoms with E-state index in [9.17, 15) is 0 Å². The minimum absolute atomic E-state index is 0.911. The molecule has 96 valence electrons. The lowest BCUT2D eigenvalue weighted by atomic mass is 10.2. The number of aromatic nitrogens is 1. The number of benzene rings is 2. The summed E-state index contributed by atoms with van der Waals surface area (Å²) in [7, 11) is 0. The molecule has 1 aromatic heterocycles. The Morgan fingerprint density at radius 2 is 1.79 bits per heavy atom. The zero-order valence-corrected chi connectivity index (χ0v) is 14.1. The molecule has 0 bridgehead atoms. The predicted molar refractivity (Wildman–Crippen MR) is 89.5 cm³/mol. The molecule has 3 aromatic rings. The smallest absolute Gasteiger partial charge is 0.188 e. The first-order chi connectivity index (χ1) is 9.11. The number of anilines is 2. The zero-order chi connectivity index (χ0) is 13.4. The molecule has 0 fully saturated rings. The fourth-order valence-electron chi connectivity index (χ4n) is 1.80. The van der Waals surface area contributed by atoms with E-state index in [1.165, 1.54) is 10.3 Å². The van der Waals surface area contributed by atoms with Gasteiger partial charge in [-0.25, -0.2) is 4.98 Å². The summed E-state index contributed by atoms with van der Waals surface area (Å²) in [6.45, 7) is 2.08. The second-order valence-corrected chi connectivity index (χ2v) is 7.08. The largest absolute Gasteiger partial charge is 0.331 e. The molecule has 0 spiro atoms. The highest BCUT2D eigenvalue weighted by atomic mass is 79.9. The Hall–Kier alpha value is -0.910.